The van der Waals surface area contributed by atoms with Crippen LogP contribution in [0.3, 0.4) is 0 Å². The summed E-state index contributed by atoms with van der Waals surface area (Å²) in [5, 5.41) is 2.73. The first-order valence-electron chi connectivity index (χ1n) is 4.16. The van der Waals surface area contributed by atoms with Crippen LogP contribution in [0, 0.1) is 0 Å². The molecule has 0 aromatic carbocycles. The van der Waals surface area contributed by atoms with E-state index in [-0.39, 0.29) is 18.5 Å². The van der Waals surface area contributed by atoms with Gasteiger partial charge < -0.3 is 5.32 Å². The second-order valence-corrected chi connectivity index (χ2v) is 2.97. The predicted octanol–water partition coefficient (Wildman–Crippen LogP) is 2.41. The summed E-state index contributed by atoms with van der Waals surface area (Å²) in [7, 11) is 1.64. The number of hydrogen-bond acceptors (Lipinski definition) is 1. The van der Waals surface area contributed by atoms with Crippen LogP contribution in [0.15, 0.2) is 23.3 Å². The molecule has 0 aliphatic heterocycles. The summed E-state index contributed by atoms with van der Waals surface area (Å²) in [6.07, 6.45) is -0.235. The molecule has 13 heavy (non-hydrogen) atoms. The molecule has 0 unspecified atom stereocenters. The van der Waals surface area contributed by atoms with Gasteiger partial charge in [-0.2, -0.15) is 13.2 Å². The molecule has 1 rings (SSSR count). The average Bonchev–Trinajstić information content (AvgIpc) is 2.04. The minimum Gasteiger partial charge on any atom is -0.316 e. The van der Waals surface area contributed by atoms with Crippen molar-refractivity contribution in [2.24, 2.45) is 0 Å². The predicted molar refractivity (Wildman–Crippen MR) is 45.4 cm³/mol. The van der Waals surface area contributed by atoms with Gasteiger partial charge in [-0.1, -0.05) is 12.2 Å². The molecule has 1 aliphatic carbocycles. The molecule has 0 heterocycles. The lowest BCUT2D eigenvalue weighted by molar-refractivity contribution is -0.0948. The van der Waals surface area contributed by atoms with Gasteiger partial charge in [-0.15, -0.1) is 0 Å². The summed E-state index contributed by atoms with van der Waals surface area (Å²) < 4.78 is 37.2. The maximum Gasteiger partial charge on any atom is 0.413 e. The van der Waals surface area contributed by atoms with Gasteiger partial charge in [-0.3, -0.25) is 0 Å². The van der Waals surface area contributed by atoms with E-state index in [1.165, 1.54) is 0 Å². The van der Waals surface area contributed by atoms with Gasteiger partial charge in [0.25, 0.3) is 0 Å². The smallest absolute Gasteiger partial charge is 0.316 e. The van der Waals surface area contributed by atoms with Crippen molar-refractivity contribution >= 4 is 0 Å². The fraction of sp³-hybridized carbons (Fsp3) is 0.556. The molecule has 1 aliphatic rings. The quantitative estimate of drug-likeness (QED) is 0.706. The Kier molecular flexibility index (Phi) is 3.14. The van der Waals surface area contributed by atoms with Crippen LogP contribution in [-0.2, 0) is 0 Å². The molecule has 0 saturated carbocycles. The molecule has 0 aromatic heterocycles. The molecule has 1 nitrogen and oxygen atoms in total. The lowest BCUT2D eigenvalue weighted by Crippen LogP contribution is -2.20. The van der Waals surface area contributed by atoms with Crippen molar-refractivity contribution in [2.75, 3.05) is 13.6 Å². The van der Waals surface area contributed by atoms with Crippen LogP contribution >= 0.6 is 0 Å². The first kappa shape index (κ1) is 10.3. The summed E-state index contributed by atoms with van der Waals surface area (Å²) in [5.74, 6) is 0. The Morgan fingerprint density at radius 1 is 1.46 bits per heavy atom. The van der Waals surface area contributed by atoms with Crippen LogP contribution in [0.5, 0.6) is 0 Å². The fourth-order valence-corrected chi connectivity index (χ4v) is 1.39. The zero-order valence-corrected chi connectivity index (χ0v) is 7.41. The molecule has 4 heteroatoms. The Hall–Kier alpha value is -0.770. The number of alkyl halides is 3. The number of likely N-dealkylation sites (N-methyl/N-ethyl adjacent to an activating group) is 1. The van der Waals surface area contributed by atoms with Crippen LogP contribution in [0.4, 0.5) is 13.2 Å². The van der Waals surface area contributed by atoms with Gasteiger partial charge in [0.2, 0.25) is 0 Å². The summed E-state index contributed by atoms with van der Waals surface area (Å²) >= 11 is 0. The first-order chi connectivity index (χ1) is 6.05. The highest BCUT2D eigenvalue weighted by molar-refractivity contribution is 5.33. The maximum absolute atomic E-state index is 12.4. The van der Waals surface area contributed by atoms with Crippen LogP contribution in [0.25, 0.3) is 0 Å². The van der Waals surface area contributed by atoms with Crippen molar-refractivity contribution in [3.05, 3.63) is 23.3 Å². The Morgan fingerprint density at radius 3 is 2.69 bits per heavy atom. The summed E-state index contributed by atoms with van der Waals surface area (Å²) in [6, 6.07) is 0. The number of nitrogens with one attached hydrogen (secondary N) is 1. The lowest BCUT2D eigenvalue weighted by Gasteiger charge is -2.18. The Balaban J connectivity index is 2.91. The first-order valence-corrected chi connectivity index (χ1v) is 4.16. The van der Waals surface area contributed by atoms with E-state index in [0.29, 0.717) is 12.0 Å². The van der Waals surface area contributed by atoms with E-state index in [1.807, 2.05) is 0 Å². The molecular weight excluding hydrogens is 179 g/mol. The highest BCUT2D eigenvalue weighted by Gasteiger charge is 2.35. The Morgan fingerprint density at radius 2 is 2.15 bits per heavy atom. The van der Waals surface area contributed by atoms with Crippen molar-refractivity contribution in [2.45, 2.75) is 19.0 Å². The minimum absolute atomic E-state index is 0.108. The third kappa shape index (κ3) is 2.59. The normalized spacial score (nSPS) is 18.2. The number of allylic oxidation sites excluding steroid dienone is 2. The molecule has 0 bridgehead atoms. The van der Waals surface area contributed by atoms with Gasteiger partial charge in [0.15, 0.2) is 0 Å². The van der Waals surface area contributed by atoms with E-state index in [4.69, 9.17) is 0 Å². The van der Waals surface area contributed by atoms with Crippen LogP contribution in [0.2, 0.25) is 0 Å². The van der Waals surface area contributed by atoms with E-state index in [0.717, 1.165) is 0 Å². The van der Waals surface area contributed by atoms with Gasteiger partial charge in [-0.05, 0) is 25.5 Å². The molecule has 0 saturated heterocycles. The third-order valence-corrected chi connectivity index (χ3v) is 1.98. The molecule has 1 N–H and O–H groups in total. The van der Waals surface area contributed by atoms with Crippen LogP contribution in [-0.4, -0.2) is 19.8 Å². The molecule has 0 radical (unpaired) electrons. The molecule has 0 spiro atoms. The zero-order chi connectivity index (χ0) is 9.90. The topological polar surface area (TPSA) is 12.0 Å². The zero-order valence-electron chi connectivity index (χ0n) is 7.41. The van der Waals surface area contributed by atoms with Crippen molar-refractivity contribution in [3.63, 3.8) is 0 Å². The van der Waals surface area contributed by atoms with Crippen LogP contribution in [0.1, 0.15) is 12.8 Å². The Bertz CT molecular complexity index is 238. The minimum atomic E-state index is -4.17. The summed E-state index contributed by atoms with van der Waals surface area (Å²) in [5.41, 5.74) is -0.0226. The number of rotatable bonds is 2. The van der Waals surface area contributed by atoms with E-state index >= 15 is 0 Å². The van der Waals surface area contributed by atoms with Crippen molar-refractivity contribution < 1.29 is 13.2 Å². The van der Waals surface area contributed by atoms with Gasteiger partial charge in [0.05, 0.1) is 0 Å². The molecule has 0 fully saturated rings. The standard InChI is InChI=1S/C9H12F3N/c1-13-6-7-4-2-3-5-8(7)9(10,11)12/h2,4,13H,3,5-6H2,1H3. The van der Waals surface area contributed by atoms with Crippen LogP contribution < -0.4 is 5.32 Å². The van der Waals surface area contributed by atoms with E-state index < -0.39 is 6.18 Å². The molecule has 0 amide bonds. The second-order valence-electron chi connectivity index (χ2n) is 2.97. The highest BCUT2D eigenvalue weighted by Crippen LogP contribution is 2.34. The molecule has 74 valence electrons. The van der Waals surface area contributed by atoms with Gasteiger partial charge in [-0.25, -0.2) is 0 Å². The fourth-order valence-electron chi connectivity index (χ4n) is 1.39. The number of hydrogen-bond donors (Lipinski definition) is 1. The SMILES string of the molecule is CNCC1=C(C(F)(F)F)CCC=C1. The second kappa shape index (κ2) is 3.96. The van der Waals surface area contributed by atoms with Crippen molar-refractivity contribution in [1.29, 1.82) is 0 Å². The van der Waals surface area contributed by atoms with E-state index in [2.05, 4.69) is 5.32 Å². The molecular formula is C9H12F3N. The highest BCUT2D eigenvalue weighted by atomic mass is 19.4. The lowest BCUT2D eigenvalue weighted by atomic mass is 9.97. The third-order valence-electron chi connectivity index (χ3n) is 1.98. The molecule has 0 aromatic rings. The largest absolute Gasteiger partial charge is 0.413 e. The van der Waals surface area contributed by atoms with E-state index in [1.54, 1.807) is 19.2 Å². The van der Waals surface area contributed by atoms with Gasteiger partial charge >= 0.3 is 6.18 Å². The Labute approximate surface area is 75.3 Å². The summed E-state index contributed by atoms with van der Waals surface area (Å²) in [4.78, 5) is 0. The summed E-state index contributed by atoms with van der Waals surface area (Å²) in [6.45, 7) is 0.283. The number of halogens is 3. The monoisotopic (exact) mass is 191 g/mol. The molecule has 0 atom stereocenters. The van der Waals surface area contributed by atoms with Crippen molar-refractivity contribution in [3.8, 4) is 0 Å². The average molecular weight is 191 g/mol. The van der Waals surface area contributed by atoms with E-state index in [9.17, 15) is 13.2 Å². The van der Waals surface area contributed by atoms with Gasteiger partial charge in [0, 0.05) is 12.1 Å². The van der Waals surface area contributed by atoms with Gasteiger partial charge in [0.1, 0.15) is 0 Å². The van der Waals surface area contributed by atoms with Crippen molar-refractivity contribution in [1.82, 2.24) is 5.32 Å². The maximum atomic E-state index is 12.4.